The topological polar surface area (TPSA) is 103 Å². The highest BCUT2D eigenvalue weighted by Crippen LogP contribution is 2.43. The largest absolute Gasteiger partial charge is 0.496 e. The van der Waals surface area contributed by atoms with Crippen LogP contribution < -0.4 is 10.5 Å². The smallest absolute Gasteiger partial charge is 0.274 e. The van der Waals surface area contributed by atoms with E-state index in [1.807, 2.05) is 24.1 Å². The average molecular weight is 591 g/mol. The summed E-state index contributed by atoms with van der Waals surface area (Å²) in [6.45, 7) is 0. The van der Waals surface area contributed by atoms with Crippen LogP contribution in [-0.4, -0.2) is 51.7 Å². The molecular formula is C31H29Cl2N5O3. The van der Waals surface area contributed by atoms with Crippen molar-refractivity contribution in [3.8, 4) is 33.8 Å². The quantitative estimate of drug-likeness (QED) is 0.291. The maximum absolute atomic E-state index is 13.9. The Labute approximate surface area is 248 Å². The van der Waals surface area contributed by atoms with Crippen LogP contribution in [0.5, 0.6) is 5.75 Å². The fourth-order valence-corrected chi connectivity index (χ4v) is 6.55. The standard InChI is InChI=1S/C31H29Cl2N5O3/c1-37(22-5-3-4-6-22)31(40)28-24-8-7-17-10-27(41-2)25(18-9-19(30(34)39)16-35-15-18)14-26(17)29(24)38(36-28)23-12-20(32)11-21(33)13-23/h9-16,22H,3-8H2,1-2H3,(H2,34,39). The molecule has 8 nitrogen and oxygen atoms in total. The van der Waals surface area contributed by atoms with E-state index in [2.05, 4.69) is 4.98 Å². The first-order chi connectivity index (χ1) is 19.7. The molecule has 6 rings (SSSR count). The van der Waals surface area contributed by atoms with Gasteiger partial charge < -0.3 is 15.4 Å². The number of rotatable bonds is 6. The van der Waals surface area contributed by atoms with Crippen LogP contribution in [0.4, 0.5) is 0 Å². The van der Waals surface area contributed by atoms with E-state index in [-0.39, 0.29) is 11.9 Å². The summed E-state index contributed by atoms with van der Waals surface area (Å²) in [5, 5.41) is 5.85. The van der Waals surface area contributed by atoms with Crippen LogP contribution >= 0.6 is 23.2 Å². The van der Waals surface area contributed by atoms with Crippen molar-refractivity contribution in [1.82, 2.24) is 19.7 Å². The van der Waals surface area contributed by atoms with E-state index in [0.717, 1.165) is 53.6 Å². The number of pyridine rings is 1. The number of aryl methyl sites for hydroxylation is 1. The van der Waals surface area contributed by atoms with E-state index in [1.165, 1.54) is 6.20 Å². The Kier molecular flexibility index (Phi) is 7.21. The normalized spacial score (nSPS) is 14.4. The first-order valence-electron chi connectivity index (χ1n) is 13.6. The molecule has 2 aromatic carbocycles. The van der Waals surface area contributed by atoms with Crippen LogP contribution in [0.15, 0.2) is 48.8 Å². The van der Waals surface area contributed by atoms with E-state index in [0.29, 0.717) is 51.1 Å². The van der Waals surface area contributed by atoms with Gasteiger partial charge in [-0.2, -0.15) is 5.10 Å². The molecule has 1 fully saturated rings. The minimum absolute atomic E-state index is 0.0874. The maximum Gasteiger partial charge on any atom is 0.274 e. The van der Waals surface area contributed by atoms with Crippen molar-refractivity contribution in [1.29, 1.82) is 0 Å². The van der Waals surface area contributed by atoms with E-state index in [1.54, 1.807) is 42.3 Å². The summed E-state index contributed by atoms with van der Waals surface area (Å²) in [5.41, 5.74) is 12.0. The van der Waals surface area contributed by atoms with Gasteiger partial charge in [-0.05, 0) is 67.6 Å². The Morgan fingerprint density at radius 3 is 2.41 bits per heavy atom. The van der Waals surface area contributed by atoms with E-state index >= 15 is 0 Å². The Morgan fingerprint density at radius 1 is 1.00 bits per heavy atom. The molecule has 2 N–H and O–H groups in total. The molecular weight excluding hydrogens is 561 g/mol. The zero-order valence-electron chi connectivity index (χ0n) is 22.8. The SMILES string of the molecule is COc1cc2c(cc1-c1cncc(C(N)=O)c1)-c1c(c(C(=O)N(C)C3CCCC3)nn1-c1cc(Cl)cc(Cl)c1)CC2. The van der Waals surface area contributed by atoms with Gasteiger partial charge in [-0.15, -0.1) is 0 Å². The number of ether oxygens (including phenoxy) is 1. The number of methoxy groups -OCH3 is 1. The Balaban J connectivity index is 1.57. The molecule has 0 radical (unpaired) electrons. The molecule has 0 saturated heterocycles. The van der Waals surface area contributed by atoms with Crippen LogP contribution in [0.25, 0.3) is 28.1 Å². The van der Waals surface area contributed by atoms with Gasteiger partial charge in [-0.25, -0.2) is 4.68 Å². The third-order valence-electron chi connectivity index (χ3n) is 8.13. The number of hydrogen-bond acceptors (Lipinski definition) is 5. The number of aromatic nitrogens is 3. The minimum atomic E-state index is -0.566. The molecule has 2 heterocycles. The Bertz CT molecular complexity index is 1670. The molecule has 4 aromatic rings. The fourth-order valence-electron chi connectivity index (χ4n) is 6.03. The van der Waals surface area contributed by atoms with Gasteiger partial charge in [0.05, 0.1) is 24.1 Å². The van der Waals surface area contributed by atoms with Crippen LogP contribution in [0.3, 0.4) is 0 Å². The molecule has 2 aliphatic rings. The second-order valence-electron chi connectivity index (χ2n) is 10.6. The van der Waals surface area contributed by atoms with Gasteiger partial charge in [-0.1, -0.05) is 36.0 Å². The highest BCUT2D eigenvalue weighted by molar-refractivity contribution is 6.34. The van der Waals surface area contributed by atoms with Gasteiger partial charge in [0.2, 0.25) is 5.91 Å². The summed E-state index contributed by atoms with van der Waals surface area (Å²) in [7, 11) is 3.48. The lowest BCUT2D eigenvalue weighted by molar-refractivity contribution is 0.0727. The molecule has 2 aromatic heterocycles. The Morgan fingerprint density at radius 2 is 1.73 bits per heavy atom. The van der Waals surface area contributed by atoms with Gasteiger partial charge in [0, 0.05) is 57.8 Å². The zero-order chi connectivity index (χ0) is 28.8. The average Bonchev–Trinajstić information content (AvgIpc) is 3.64. The predicted molar refractivity (Wildman–Crippen MR) is 159 cm³/mol. The molecule has 1 saturated carbocycles. The van der Waals surface area contributed by atoms with Gasteiger partial charge in [0.25, 0.3) is 5.91 Å². The van der Waals surface area contributed by atoms with E-state index in [9.17, 15) is 9.59 Å². The van der Waals surface area contributed by atoms with Gasteiger partial charge in [0.15, 0.2) is 5.69 Å². The van der Waals surface area contributed by atoms with Crippen molar-refractivity contribution in [2.45, 2.75) is 44.6 Å². The highest BCUT2D eigenvalue weighted by atomic mass is 35.5. The zero-order valence-corrected chi connectivity index (χ0v) is 24.3. The lowest BCUT2D eigenvalue weighted by Gasteiger charge is -2.25. The molecule has 210 valence electrons. The third-order valence-corrected chi connectivity index (χ3v) is 8.57. The third kappa shape index (κ3) is 4.96. The molecule has 0 unspecified atom stereocenters. The summed E-state index contributed by atoms with van der Waals surface area (Å²) in [6, 6.07) is 11.1. The first kappa shape index (κ1) is 27.3. The number of carbonyl (C=O) groups excluding carboxylic acids is 2. The molecule has 41 heavy (non-hydrogen) atoms. The highest BCUT2D eigenvalue weighted by Gasteiger charge is 2.33. The lowest BCUT2D eigenvalue weighted by Crippen LogP contribution is -2.36. The number of benzene rings is 2. The second kappa shape index (κ2) is 10.8. The van der Waals surface area contributed by atoms with Crippen LogP contribution in [0, 0.1) is 0 Å². The number of nitrogens with two attached hydrogens (primary N) is 1. The molecule has 0 aliphatic heterocycles. The monoisotopic (exact) mass is 589 g/mol. The number of nitrogens with zero attached hydrogens (tertiary/aromatic N) is 4. The molecule has 0 bridgehead atoms. The van der Waals surface area contributed by atoms with Crippen molar-refractivity contribution in [3.63, 3.8) is 0 Å². The summed E-state index contributed by atoms with van der Waals surface area (Å²) in [6.07, 6.45) is 8.69. The molecule has 2 amide bonds. The van der Waals surface area contributed by atoms with Crippen molar-refractivity contribution in [3.05, 3.63) is 81.2 Å². The summed E-state index contributed by atoms with van der Waals surface area (Å²) in [5.74, 6) is -0.00988. The summed E-state index contributed by atoms with van der Waals surface area (Å²) < 4.78 is 7.54. The number of hydrogen-bond donors (Lipinski definition) is 1. The van der Waals surface area contributed by atoms with E-state index < -0.39 is 5.91 Å². The first-order valence-corrected chi connectivity index (χ1v) is 14.3. The van der Waals surface area contributed by atoms with Crippen LogP contribution in [-0.2, 0) is 12.8 Å². The van der Waals surface area contributed by atoms with Gasteiger partial charge >= 0.3 is 0 Å². The molecule has 0 atom stereocenters. The number of amides is 2. The second-order valence-corrected chi connectivity index (χ2v) is 11.5. The van der Waals surface area contributed by atoms with Crippen molar-refractivity contribution in [2.75, 3.05) is 14.2 Å². The van der Waals surface area contributed by atoms with Crippen molar-refractivity contribution >= 4 is 35.0 Å². The lowest BCUT2D eigenvalue weighted by atomic mass is 9.86. The van der Waals surface area contributed by atoms with Crippen LogP contribution in [0.1, 0.15) is 57.7 Å². The summed E-state index contributed by atoms with van der Waals surface area (Å²) in [4.78, 5) is 31.9. The maximum atomic E-state index is 13.9. The van der Waals surface area contributed by atoms with Gasteiger partial charge in [0.1, 0.15) is 5.75 Å². The fraction of sp³-hybridized carbons (Fsp3) is 0.290. The molecule has 2 aliphatic carbocycles. The van der Waals surface area contributed by atoms with Crippen molar-refractivity contribution < 1.29 is 14.3 Å². The number of primary amides is 1. The van der Waals surface area contributed by atoms with Gasteiger partial charge in [-0.3, -0.25) is 14.6 Å². The number of halogens is 2. The molecule has 10 heteroatoms. The summed E-state index contributed by atoms with van der Waals surface area (Å²) >= 11 is 12.8. The number of carbonyl (C=O) groups is 2. The van der Waals surface area contributed by atoms with E-state index in [4.69, 9.17) is 38.8 Å². The van der Waals surface area contributed by atoms with Crippen LogP contribution in [0.2, 0.25) is 10.0 Å². The number of fused-ring (bicyclic) bond motifs is 3. The molecule has 0 spiro atoms. The predicted octanol–water partition coefficient (Wildman–Crippen LogP) is 6.13. The minimum Gasteiger partial charge on any atom is -0.496 e. The van der Waals surface area contributed by atoms with Crippen molar-refractivity contribution in [2.24, 2.45) is 5.73 Å². The Hall–Kier alpha value is -3.88.